The van der Waals surface area contributed by atoms with Crippen LogP contribution in [-0.2, 0) is 23.9 Å². The highest BCUT2D eigenvalue weighted by molar-refractivity contribution is 6.03. The first-order valence-electron chi connectivity index (χ1n) is 11.8. The van der Waals surface area contributed by atoms with Crippen molar-refractivity contribution in [3.63, 3.8) is 0 Å². The molecule has 0 saturated carbocycles. The minimum atomic E-state index is -1.23. The molecule has 184 valence electrons. The number of hydrogen-bond donors (Lipinski definition) is 2. The van der Waals surface area contributed by atoms with Crippen LogP contribution in [0.25, 0.3) is 0 Å². The Kier molecular flexibility index (Phi) is 5.18. The molecule has 4 aliphatic heterocycles. The smallest absolute Gasteiger partial charge is 0.246 e. The van der Waals surface area contributed by atoms with Crippen LogP contribution in [0.3, 0.4) is 0 Å². The number of anilines is 1. The summed E-state index contributed by atoms with van der Waals surface area (Å²) in [6, 6.07) is 0.707. The van der Waals surface area contributed by atoms with E-state index in [1.807, 2.05) is 32.9 Å². The fraction of sp³-hybridized carbons (Fsp3) is 0.667. The zero-order chi connectivity index (χ0) is 24.5. The third-order valence-corrected chi connectivity index (χ3v) is 7.13. The molecule has 0 unspecified atom stereocenters. The molecule has 1 aromatic rings. The Hall–Kier alpha value is -2.72. The van der Waals surface area contributed by atoms with Gasteiger partial charge in [0, 0.05) is 24.8 Å². The molecule has 34 heavy (non-hydrogen) atoms. The number of amides is 3. The minimum absolute atomic E-state index is 0.147. The third kappa shape index (κ3) is 3.54. The lowest BCUT2D eigenvalue weighted by Gasteiger charge is -2.35. The molecule has 0 aliphatic carbocycles. The molecule has 0 aromatic carbocycles. The predicted molar refractivity (Wildman–Crippen MR) is 121 cm³/mol. The summed E-state index contributed by atoms with van der Waals surface area (Å²) in [4.78, 5) is 42.5. The van der Waals surface area contributed by atoms with E-state index in [0.717, 1.165) is 12.8 Å². The Balaban J connectivity index is 1.51. The number of hydrogen-bond acceptors (Lipinski definition) is 7. The third-order valence-electron chi connectivity index (χ3n) is 7.13. The van der Waals surface area contributed by atoms with Crippen LogP contribution < -0.4 is 10.6 Å². The zero-order valence-electron chi connectivity index (χ0n) is 20.2. The first-order valence-corrected chi connectivity index (χ1v) is 11.8. The van der Waals surface area contributed by atoms with Gasteiger partial charge in [-0.3, -0.25) is 14.4 Å². The lowest BCUT2D eigenvalue weighted by molar-refractivity contribution is -0.146. The average molecular weight is 473 g/mol. The Morgan fingerprint density at radius 1 is 1.26 bits per heavy atom. The van der Waals surface area contributed by atoms with Crippen LogP contribution in [0.5, 0.6) is 0 Å². The van der Waals surface area contributed by atoms with Gasteiger partial charge >= 0.3 is 0 Å². The van der Waals surface area contributed by atoms with Crippen molar-refractivity contribution in [3.8, 4) is 0 Å². The molecule has 10 heteroatoms. The molecule has 1 spiro atoms. The van der Waals surface area contributed by atoms with E-state index in [-0.39, 0.29) is 30.3 Å². The molecule has 3 fully saturated rings. The van der Waals surface area contributed by atoms with Gasteiger partial charge in [0.05, 0.1) is 23.5 Å². The predicted octanol–water partition coefficient (Wildman–Crippen LogP) is 1.56. The summed E-state index contributed by atoms with van der Waals surface area (Å²) in [5, 5.41) is 9.62. The molecule has 2 N–H and O–H groups in total. The molecule has 1 aromatic heterocycles. The maximum Gasteiger partial charge on any atom is 0.246 e. The Bertz CT molecular complexity index is 1050. The maximum atomic E-state index is 13.9. The van der Waals surface area contributed by atoms with Crippen molar-refractivity contribution in [1.82, 2.24) is 15.4 Å². The molecule has 3 saturated heterocycles. The van der Waals surface area contributed by atoms with Gasteiger partial charge in [0.1, 0.15) is 17.4 Å². The highest BCUT2D eigenvalue weighted by Gasteiger charge is 2.76. The summed E-state index contributed by atoms with van der Waals surface area (Å²) in [7, 11) is 0. The number of nitrogens with zero attached hydrogens (tertiary/aromatic N) is 2. The highest BCUT2D eigenvalue weighted by atomic mass is 16.5. The SMILES string of the molecule is Cc1cc(NC(=O)[C@H]2[C@@H]3C(=O)N(C[C@@H]4CCCO4)[C@H](C(=O)NC(C)(C)C)[C@@]34C=C[C@]2(C)O4)no1. The average Bonchev–Trinajstić information content (AvgIpc) is 3.50. The summed E-state index contributed by atoms with van der Waals surface area (Å²) >= 11 is 0. The normalized spacial score (nSPS) is 36.3. The lowest BCUT2D eigenvalue weighted by atomic mass is 9.70. The first-order chi connectivity index (χ1) is 15.9. The van der Waals surface area contributed by atoms with Crippen molar-refractivity contribution in [2.24, 2.45) is 11.8 Å². The van der Waals surface area contributed by atoms with Gasteiger partial charge in [0.15, 0.2) is 5.82 Å². The van der Waals surface area contributed by atoms with E-state index in [0.29, 0.717) is 12.4 Å². The molecule has 2 bridgehead atoms. The lowest BCUT2D eigenvalue weighted by Crippen LogP contribution is -2.58. The van der Waals surface area contributed by atoms with E-state index < -0.39 is 40.5 Å². The van der Waals surface area contributed by atoms with Crippen LogP contribution in [0, 0.1) is 18.8 Å². The second-order valence-corrected chi connectivity index (χ2v) is 11.0. The summed E-state index contributed by atoms with van der Waals surface area (Å²) in [5.74, 6) is -1.81. The number of ether oxygens (including phenoxy) is 2. The summed E-state index contributed by atoms with van der Waals surface area (Å²) in [6.07, 6.45) is 5.20. The van der Waals surface area contributed by atoms with Gasteiger partial charge in [0.2, 0.25) is 17.7 Å². The Morgan fingerprint density at radius 3 is 2.65 bits per heavy atom. The van der Waals surface area contributed by atoms with Crippen molar-refractivity contribution >= 4 is 23.5 Å². The van der Waals surface area contributed by atoms with Gasteiger partial charge in [-0.2, -0.15) is 0 Å². The number of aryl methyl sites for hydroxylation is 1. The van der Waals surface area contributed by atoms with Crippen LogP contribution >= 0.6 is 0 Å². The van der Waals surface area contributed by atoms with Gasteiger partial charge in [-0.05, 0) is 47.5 Å². The van der Waals surface area contributed by atoms with Crippen LogP contribution in [0.1, 0.15) is 46.3 Å². The van der Waals surface area contributed by atoms with Crippen LogP contribution in [0.2, 0.25) is 0 Å². The number of rotatable bonds is 5. The molecular weight excluding hydrogens is 440 g/mol. The molecule has 0 radical (unpaired) electrons. The van der Waals surface area contributed by atoms with Crippen molar-refractivity contribution in [2.45, 2.75) is 76.3 Å². The number of carbonyl (C=O) groups excluding carboxylic acids is 3. The van der Waals surface area contributed by atoms with Crippen LogP contribution in [-0.4, -0.2) is 69.8 Å². The second-order valence-electron chi connectivity index (χ2n) is 11.0. The monoisotopic (exact) mass is 472 g/mol. The molecule has 5 rings (SSSR count). The van der Waals surface area contributed by atoms with E-state index in [2.05, 4.69) is 15.8 Å². The summed E-state index contributed by atoms with van der Waals surface area (Å²) in [5.41, 5.74) is -2.77. The number of aromatic nitrogens is 1. The van der Waals surface area contributed by atoms with E-state index in [4.69, 9.17) is 14.0 Å². The van der Waals surface area contributed by atoms with Crippen molar-refractivity contribution in [1.29, 1.82) is 0 Å². The van der Waals surface area contributed by atoms with Gasteiger partial charge in [-0.1, -0.05) is 17.3 Å². The number of likely N-dealkylation sites (tertiary alicyclic amines) is 1. The van der Waals surface area contributed by atoms with E-state index in [9.17, 15) is 14.4 Å². The maximum absolute atomic E-state index is 13.9. The molecule has 3 amide bonds. The highest BCUT2D eigenvalue weighted by Crippen LogP contribution is 2.59. The molecule has 10 nitrogen and oxygen atoms in total. The second kappa shape index (κ2) is 7.64. The Labute approximate surface area is 198 Å². The van der Waals surface area contributed by atoms with Crippen LogP contribution in [0.4, 0.5) is 5.82 Å². The molecular formula is C24H32N4O6. The minimum Gasteiger partial charge on any atom is -0.376 e. The standard InChI is InChI=1S/C24H32N4O6/c1-13-11-15(27-33-13)25-19(29)16-17-21(31)28(12-14-7-6-10-32-14)18(20(30)26-22(2,3)4)24(17)9-8-23(16,5)34-24/h8-9,11,14,16-18H,6-7,10,12H2,1-5H3,(H,26,30)(H,25,27,29)/t14-,16+,17+,18+,23-,24+/m0/s1. The van der Waals surface area contributed by atoms with Gasteiger partial charge in [0.25, 0.3) is 0 Å². The summed E-state index contributed by atoms with van der Waals surface area (Å²) in [6.45, 7) is 10.1. The largest absolute Gasteiger partial charge is 0.376 e. The van der Waals surface area contributed by atoms with E-state index in [1.165, 1.54) is 0 Å². The zero-order valence-corrected chi connectivity index (χ0v) is 20.2. The van der Waals surface area contributed by atoms with E-state index >= 15 is 0 Å². The number of nitrogens with one attached hydrogen (secondary N) is 2. The summed E-state index contributed by atoms with van der Waals surface area (Å²) < 4.78 is 17.3. The fourth-order valence-corrected chi connectivity index (χ4v) is 5.90. The van der Waals surface area contributed by atoms with Crippen molar-refractivity contribution < 1.29 is 28.4 Å². The molecule has 4 aliphatic rings. The Morgan fingerprint density at radius 2 is 2.03 bits per heavy atom. The van der Waals surface area contributed by atoms with Gasteiger partial charge < -0.3 is 29.5 Å². The van der Waals surface area contributed by atoms with Crippen LogP contribution in [0.15, 0.2) is 22.7 Å². The quantitative estimate of drug-likeness (QED) is 0.624. The van der Waals surface area contributed by atoms with Crippen molar-refractivity contribution in [2.75, 3.05) is 18.5 Å². The number of carbonyl (C=O) groups is 3. The molecule has 5 heterocycles. The van der Waals surface area contributed by atoms with Crippen molar-refractivity contribution in [3.05, 3.63) is 24.0 Å². The molecule has 6 atom stereocenters. The first kappa shape index (κ1) is 23.0. The van der Waals surface area contributed by atoms with Gasteiger partial charge in [-0.15, -0.1) is 0 Å². The topological polar surface area (TPSA) is 123 Å². The van der Waals surface area contributed by atoms with Gasteiger partial charge in [-0.25, -0.2) is 0 Å². The number of fused-ring (bicyclic) bond motifs is 1. The van der Waals surface area contributed by atoms with E-state index in [1.54, 1.807) is 24.8 Å². The fourth-order valence-electron chi connectivity index (χ4n) is 5.90.